The van der Waals surface area contributed by atoms with E-state index in [1.807, 2.05) is 0 Å². The molecule has 0 aliphatic heterocycles. The second-order valence-electron chi connectivity index (χ2n) is 3.53. The molecule has 0 aliphatic carbocycles. The molecule has 104 valence electrons. The van der Waals surface area contributed by atoms with Gasteiger partial charge in [-0.1, -0.05) is 11.6 Å². The molecule has 0 unspecified atom stereocenters. The average molecular weight is 362 g/mol. The lowest BCUT2D eigenvalue weighted by molar-refractivity contribution is 0.0593. The number of ether oxygens (including phenoxy) is 2. The highest BCUT2D eigenvalue weighted by Crippen LogP contribution is 2.32. The van der Waals surface area contributed by atoms with Gasteiger partial charge in [-0.25, -0.2) is 19.2 Å². The van der Waals surface area contributed by atoms with Crippen molar-refractivity contribution in [2.75, 3.05) is 7.11 Å². The SMILES string of the molecule is COC(=O)c1cnc(Oc2cc(F)c(Cl)cc2Br)cn1. The fraction of sp³-hybridized carbons (Fsp3) is 0.0833. The van der Waals surface area contributed by atoms with E-state index >= 15 is 0 Å². The lowest BCUT2D eigenvalue weighted by atomic mass is 10.3. The smallest absolute Gasteiger partial charge is 0.358 e. The van der Waals surface area contributed by atoms with Crippen molar-refractivity contribution in [1.29, 1.82) is 0 Å². The zero-order valence-electron chi connectivity index (χ0n) is 10.1. The highest BCUT2D eigenvalue weighted by Gasteiger charge is 2.11. The summed E-state index contributed by atoms with van der Waals surface area (Å²) in [5.74, 6) is -0.945. The minimum absolute atomic E-state index is 0.0312. The maximum atomic E-state index is 13.3. The zero-order valence-corrected chi connectivity index (χ0v) is 12.4. The Hall–Kier alpha value is -1.73. The van der Waals surface area contributed by atoms with Crippen molar-refractivity contribution in [3.63, 3.8) is 0 Å². The van der Waals surface area contributed by atoms with Crippen LogP contribution in [0.4, 0.5) is 4.39 Å². The Balaban J connectivity index is 2.22. The summed E-state index contributed by atoms with van der Waals surface area (Å²) in [4.78, 5) is 18.9. The molecule has 0 atom stereocenters. The van der Waals surface area contributed by atoms with Crippen LogP contribution in [0.1, 0.15) is 10.5 Å². The molecule has 0 saturated heterocycles. The highest BCUT2D eigenvalue weighted by molar-refractivity contribution is 9.10. The van der Waals surface area contributed by atoms with Gasteiger partial charge in [-0.05, 0) is 22.0 Å². The van der Waals surface area contributed by atoms with Crippen LogP contribution >= 0.6 is 27.5 Å². The molecule has 5 nitrogen and oxygen atoms in total. The summed E-state index contributed by atoms with van der Waals surface area (Å²) in [6, 6.07) is 2.48. The van der Waals surface area contributed by atoms with Crippen LogP contribution in [-0.2, 0) is 4.74 Å². The van der Waals surface area contributed by atoms with Crippen LogP contribution < -0.4 is 4.74 Å². The zero-order chi connectivity index (χ0) is 14.7. The first-order valence-electron chi connectivity index (χ1n) is 5.24. The predicted molar refractivity (Wildman–Crippen MR) is 72.6 cm³/mol. The van der Waals surface area contributed by atoms with E-state index in [4.69, 9.17) is 16.3 Å². The number of carbonyl (C=O) groups excluding carboxylic acids is 1. The number of rotatable bonds is 3. The van der Waals surface area contributed by atoms with Crippen LogP contribution in [0.25, 0.3) is 0 Å². The van der Waals surface area contributed by atoms with Crippen molar-refractivity contribution in [2.45, 2.75) is 0 Å². The Kier molecular flexibility index (Phi) is 4.51. The molecule has 1 aromatic heterocycles. The summed E-state index contributed by atoms with van der Waals surface area (Å²) in [5, 5.41) is -0.0312. The van der Waals surface area contributed by atoms with Gasteiger partial charge in [0.25, 0.3) is 0 Å². The van der Waals surface area contributed by atoms with E-state index in [0.29, 0.717) is 4.47 Å². The van der Waals surface area contributed by atoms with Crippen molar-refractivity contribution in [3.8, 4) is 11.6 Å². The highest BCUT2D eigenvalue weighted by atomic mass is 79.9. The Labute approximate surface area is 126 Å². The molecule has 2 aromatic rings. The van der Waals surface area contributed by atoms with Crippen molar-refractivity contribution in [1.82, 2.24) is 9.97 Å². The number of esters is 1. The van der Waals surface area contributed by atoms with Crippen molar-refractivity contribution >= 4 is 33.5 Å². The summed E-state index contributed by atoms with van der Waals surface area (Å²) in [6.45, 7) is 0. The molecule has 0 saturated carbocycles. The minimum Gasteiger partial charge on any atom is -0.464 e. The van der Waals surface area contributed by atoms with Crippen molar-refractivity contribution in [3.05, 3.63) is 45.5 Å². The molecule has 0 amide bonds. The van der Waals surface area contributed by atoms with E-state index in [2.05, 4.69) is 30.6 Å². The third kappa shape index (κ3) is 3.23. The van der Waals surface area contributed by atoms with E-state index in [9.17, 15) is 9.18 Å². The summed E-state index contributed by atoms with van der Waals surface area (Å²) >= 11 is 8.81. The van der Waals surface area contributed by atoms with Crippen LogP contribution in [0.5, 0.6) is 11.6 Å². The molecule has 0 N–H and O–H groups in total. The van der Waals surface area contributed by atoms with Gasteiger partial charge >= 0.3 is 5.97 Å². The molecule has 0 bridgehead atoms. The van der Waals surface area contributed by atoms with E-state index in [1.165, 1.54) is 25.6 Å². The number of methoxy groups -OCH3 is 1. The summed E-state index contributed by atoms with van der Waals surface area (Å²) in [5.41, 5.74) is 0.0428. The second kappa shape index (κ2) is 6.15. The van der Waals surface area contributed by atoms with Crippen LogP contribution in [0.3, 0.4) is 0 Å². The predicted octanol–water partition coefficient (Wildman–Crippen LogP) is 3.61. The molecule has 1 aromatic carbocycles. The molecular formula is C12H7BrClFN2O3. The molecule has 20 heavy (non-hydrogen) atoms. The molecule has 0 aliphatic rings. The van der Waals surface area contributed by atoms with Crippen molar-refractivity contribution < 1.29 is 18.7 Å². The number of hydrogen-bond acceptors (Lipinski definition) is 5. The summed E-state index contributed by atoms with van der Waals surface area (Å²) in [6.07, 6.45) is 2.42. The Morgan fingerprint density at radius 3 is 2.70 bits per heavy atom. The number of carbonyl (C=O) groups is 1. The van der Waals surface area contributed by atoms with Gasteiger partial charge in [-0.3, -0.25) is 0 Å². The van der Waals surface area contributed by atoms with Gasteiger partial charge in [0.05, 0.1) is 29.0 Å². The van der Waals surface area contributed by atoms with Gasteiger partial charge in [-0.15, -0.1) is 0 Å². The van der Waals surface area contributed by atoms with Crippen LogP contribution in [-0.4, -0.2) is 23.0 Å². The number of aromatic nitrogens is 2. The third-order valence-electron chi connectivity index (χ3n) is 2.21. The first-order chi connectivity index (χ1) is 9.51. The van der Waals surface area contributed by atoms with E-state index in [-0.39, 0.29) is 22.3 Å². The Bertz CT molecular complexity index is 652. The quantitative estimate of drug-likeness (QED) is 0.617. The lowest BCUT2D eigenvalue weighted by Crippen LogP contribution is -2.04. The maximum Gasteiger partial charge on any atom is 0.358 e. The van der Waals surface area contributed by atoms with Gasteiger partial charge in [0.1, 0.15) is 11.6 Å². The number of benzene rings is 1. The normalized spacial score (nSPS) is 10.2. The topological polar surface area (TPSA) is 61.3 Å². The molecule has 0 radical (unpaired) electrons. The molecule has 8 heteroatoms. The second-order valence-corrected chi connectivity index (χ2v) is 4.79. The van der Waals surface area contributed by atoms with Crippen LogP contribution in [0.15, 0.2) is 29.0 Å². The summed E-state index contributed by atoms with van der Waals surface area (Å²) in [7, 11) is 1.24. The fourth-order valence-corrected chi connectivity index (χ4v) is 1.99. The minimum atomic E-state index is -0.621. The first kappa shape index (κ1) is 14.7. The maximum absolute atomic E-state index is 13.3. The molecule has 2 rings (SSSR count). The standard InChI is InChI=1S/C12H7BrClFN2O3/c1-19-12(18)9-4-17-11(5-16-9)20-10-3-8(15)7(14)2-6(10)13/h2-5H,1H3. The van der Waals surface area contributed by atoms with Crippen LogP contribution in [0.2, 0.25) is 5.02 Å². The molecule has 0 spiro atoms. The Morgan fingerprint density at radius 2 is 2.10 bits per heavy atom. The van der Waals surface area contributed by atoms with Gasteiger partial charge in [-0.2, -0.15) is 0 Å². The van der Waals surface area contributed by atoms with E-state index < -0.39 is 11.8 Å². The lowest BCUT2D eigenvalue weighted by Gasteiger charge is -2.07. The van der Waals surface area contributed by atoms with E-state index in [1.54, 1.807) is 0 Å². The molecule has 0 fully saturated rings. The average Bonchev–Trinajstić information content (AvgIpc) is 2.44. The molecular weight excluding hydrogens is 354 g/mol. The van der Waals surface area contributed by atoms with Gasteiger partial charge in [0.2, 0.25) is 5.88 Å². The monoisotopic (exact) mass is 360 g/mol. The number of halogens is 3. The largest absolute Gasteiger partial charge is 0.464 e. The Morgan fingerprint density at radius 1 is 1.35 bits per heavy atom. The van der Waals surface area contributed by atoms with Gasteiger partial charge in [0.15, 0.2) is 5.69 Å². The number of nitrogens with zero attached hydrogens (tertiary/aromatic N) is 2. The molecule has 1 heterocycles. The van der Waals surface area contributed by atoms with Gasteiger partial charge < -0.3 is 9.47 Å². The van der Waals surface area contributed by atoms with E-state index in [0.717, 1.165) is 6.07 Å². The summed E-state index contributed by atoms with van der Waals surface area (Å²) < 4.78 is 23.6. The number of hydrogen-bond donors (Lipinski definition) is 0. The third-order valence-corrected chi connectivity index (χ3v) is 3.12. The van der Waals surface area contributed by atoms with Gasteiger partial charge in [0, 0.05) is 6.07 Å². The fourth-order valence-electron chi connectivity index (χ4n) is 1.27. The van der Waals surface area contributed by atoms with Crippen LogP contribution in [0, 0.1) is 5.82 Å². The first-order valence-corrected chi connectivity index (χ1v) is 6.41. The van der Waals surface area contributed by atoms with Crippen molar-refractivity contribution in [2.24, 2.45) is 0 Å².